The van der Waals surface area contributed by atoms with Gasteiger partial charge >= 0.3 is 0 Å². The Bertz CT molecular complexity index is 1190. The lowest BCUT2D eigenvalue weighted by Crippen LogP contribution is -2.34. The number of hydrogen-bond donors (Lipinski definition) is 0. The average Bonchev–Trinajstić information content (AvgIpc) is 2.79. The monoisotopic (exact) mass is 453 g/mol. The molecule has 32 heavy (non-hydrogen) atoms. The zero-order chi connectivity index (χ0) is 22.9. The Balaban J connectivity index is 1.74. The van der Waals surface area contributed by atoms with Crippen LogP contribution in [0.15, 0.2) is 59.6 Å². The molecule has 0 aromatic heterocycles. The lowest BCUT2D eigenvalue weighted by molar-refractivity contribution is 0.0882. The fourth-order valence-electron chi connectivity index (χ4n) is 3.98. The van der Waals surface area contributed by atoms with Crippen molar-refractivity contribution in [3.05, 3.63) is 87.7 Å². The molecule has 166 valence electrons. The van der Waals surface area contributed by atoms with Crippen LogP contribution >= 0.6 is 11.6 Å². The summed E-state index contributed by atoms with van der Waals surface area (Å²) in [5.74, 6) is 1.75. The van der Waals surface area contributed by atoms with Gasteiger partial charge in [-0.3, -0.25) is 0 Å². The number of methoxy groups -OCH3 is 2. The van der Waals surface area contributed by atoms with E-state index in [2.05, 4.69) is 0 Å². The van der Waals surface area contributed by atoms with Crippen LogP contribution in [-0.2, 0) is 12.1 Å². The van der Waals surface area contributed by atoms with Crippen molar-refractivity contribution < 1.29 is 18.6 Å². The second-order valence-electron chi connectivity index (χ2n) is 7.95. The molecule has 0 spiro atoms. The van der Waals surface area contributed by atoms with Crippen molar-refractivity contribution in [1.82, 2.24) is 0 Å². The Labute approximate surface area is 192 Å². The van der Waals surface area contributed by atoms with Crippen LogP contribution in [0, 0.1) is 12.7 Å². The Morgan fingerprint density at radius 3 is 2.56 bits per heavy atom. The van der Waals surface area contributed by atoms with Crippen LogP contribution in [-0.4, -0.2) is 19.9 Å². The number of ether oxygens (including phenoxy) is 3. The average molecular weight is 454 g/mol. The van der Waals surface area contributed by atoms with Gasteiger partial charge in [0.1, 0.15) is 23.1 Å². The maximum atomic E-state index is 14.8. The molecule has 4 nitrogen and oxygen atoms in total. The van der Waals surface area contributed by atoms with Crippen LogP contribution in [0.4, 0.5) is 4.39 Å². The van der Waals surface area contributed by atoms with Crippen LogP contribution in [0.5, 0.6) is 17.2 Å². The molecule has 3 aromatic carbocycles. The second kappa shape index (κ2) is 8.83. The van der Waals surface area contributed by atoms with Gasteiger partial charge in [0.05, 0.1) is 25.5 Å². The minimum absolute atomic E-state index is 0.351. The molecule has 1 aliphatic heterocycles. The van der Waals surface area contributed by atoms with Crippen LogP contribution in [0.2, 0.25) is 5.02 Å². The summed E-state index contributed by atoms with van der Waals surface area (Å²) in [5, 5.41) is 0.590. The van der Waals surface area contributed by atoms with Crippen molar-refractivity contribution >= 4 is 17.3 Å². The van der Waals surface area contributed by atoms with Crippen molar-refractivity contribution in [3.63, 3.8) is 0 Å². The van der Waals surface area contributed by atoms with Crippen molar-refractivity contribution in [2.45, 2.75) is 32.4 Å². The largest absolute Gasteiger partial charge is 0.497 e. The van der Waals surface area contributed by atoms with Crippen LogP contribution < -0.4 is 14.2 Å². The highest BCUT2D eigenvalue weighted by atomic mass is 35.5. The van der Waals surface area contributed by atoms with E-state index in [0.29, 0.717) is 29.2 Å². The van der Waals surface area contributed by atoms with Gasteiger partial charge in [-0.2, -0.15) is 0 Å². The van der Waals surface area contributed by atoms with Gasteiger partial charge in [0.15, 0.2) is 0 Å². The van der Waals surface area contributed by atoms with Crippen LogP contribution in [0.1, 0.15) is 35.6 Å². The summed E-state index contributed by atoms with van der Waals surface area (Å²) in [6, 6.07) is 16.1. The molecule has 6 heteroatoms. The van der Waals surface area contributed by atoms with Gasteiger partial charge < -0.3 is 14.2 Å². The number of fused-ring (bicyclic) bond motifs is 1. The molecular weight excluding hydrogens is 429 g/mol. The molecule has 0 saturated heterocycles. The molecule has 0 aliphatic carbocycles. The molecule has 1 heterocycles. The number of aryl methyl sites for hydroxylation is 2. The second-order valence-corrected chi connectivity index (χ2v) is 8.38. The Morgan fingerprint density at radius 1 is 1.00 bits per heavy atom. The summed E-state index contributed by atoms with van der Waals surface area (Å²) in [5.41, 5.74) is 2.79. The summed E-state index contributed by atoms with van der Waals surface area (Å²) in [7, 11) is 3.26. The summed E-state index contributed by atoms with van der Waals surface area (Å²) < 4.78 is 31.8. The third-order valence-corrected chi connectivity index (χ3v) is 5.89. The Morgan fingerprint density at radius 2 is 1.81 bits per heavy atom. The lowest BCUT2D eigenvalue weighted by Gasteiger charge is -2.34. The van der Waals surface area contributed by atoms with Crippen molar-refractivity contribution in [2.75, 3.05) is 14.2 Å². The summed E-state index contributed by atoms with van der Waals surface area (Å²) in [6.07, 6.45) is 1.27. The fourth-order valence-corrected chi connectivity index (χ4v) is 4.16. The summed E-state index contributed by atoms with van der Waals surface area (Å²) in [4.78, 5) is 4.90. The number of rotatable bonds is 6. The fraction of sp³-hybridized carbons (Fsp3) is 0.269. The van der Waals surface area contributed by atoms with E-state index in [9.17, 15) is 4.39 Å². The zero-order valence-corrected chi connectivity index (χ0v) is 19.3. The van der Waals surface area contributed by atoms with E-state index in [1.54, 1.807) is 39.3 Å². The van der Waals surface area contributed by atoms with Gasteiger partial charge in [-0.1, -0.05) is 29.3 Å². The molecule has 0 saturated carbocycles. The van der Waals surface area contributed by atoms with Crippen molar-refractivity contribution in [3.8, 4) is 17.2 Å². The normalized spacial score (nSPS) is 17.2. The number of benzene rings is 3. The first-order valence-electron chi connectivity index (χ1n) is 10.4. The maximum absolute atomic E-state index is 14.8. The Hall–Kier alpha value is -3.05. The minimum atomic E-state index is -1.18. The predicted molar refractivity (Wildman–Crippen MR) is 125 cm³/mol. The third kappa shape index (κ3) is 4.30. The van der Waals surface area contributed by atoms with Gasteiger partial charge in [-0.05, 0) is 61.7 Å². The molecule has 4 rings (SSSR count). The number of nitrogens with zero attached hydrogens (tertiary/aromatic N) is 1. The first kappa shape index (κ1) is 22.2. The first-order valence-corrected chi connectivity index (χ1v) is 10.8. The first-order chi connectivity index (χ1) is 15.3. The SMILES string of the molecule is COc1ccc(CCC2=NC(C)(c3cc(C)ccc3F)Oc3ccc(Cl)cc32)c(OC)c1. The topological polar surface area (TPSA) is 40.0 Å². The van der Waals surface area contributed by atoms with Gasteiger partial charge in [0.25, 0.3) is 0 Å². The molecular formula is C26H25ClFNO3. The summed E-state index contributed by atoms with van der Waals surface area (Å²) in [6.45, 7) is 3.71. The van der Waals surface area contributed by atoms with Gasteiger partial charge in [-0.15, -0.1) is 0 Å². The van der Waals surface area contributed by atoms with Gasteiger partial charge in [0, 0.05) is 23.6 Å². The molecule has 0 fully saturated rings. The third-order valence-electron chi connectivity index (χ3n) is 5.66. The van der Waals surface area contributed by atoms with E-state index in [1.165, 1.54) is 6.07 Å². The van der Waals surface area contributed by atoms with Gasteiger partial charge in [-0.25, -0.2) is 9.38 Å². The van der Waals surface area contributed by atoms with Crippen LogP contribution in [0.25, 0.3) is 0 Å². The van der Waals surface area contributed by atoms with Gasteiger partial charge in [0.2, 0.25) is 5.72 Å². The molecule has 0 radical (unpaired) electrons. The zero-order valence-electron chi connectivity index (χ0n) is 18.5. The van der Waals surface area contributed by atoms with Crippen LogP contribution in [0.3, 0.4) is 0 Å². The summed E-state index contributed by atoms with van der Waals surface area (Å²) >= 11 is 6.27. The van der Waals surface area contributed by atoms with E-state index < -0.39 is 5.72 Å². The number of aliphatic imine (C=N–C) groups is 1. The quantitative estimate of drug-likeness (QED) is 0.428. The molecule has 0 amide bonds. The Kier molecular flexibility index (Phi) is 6.11. The molecule has 1 aliphatic rings. The lowest BCUT2D eigenvalue weighted by atomic mass is 9.95. The highest BCUT2D eigenvalue weighted by Gasteiger charge is 2.36. The van der Waals surface area contributed by atoms with E-state index in [4.69, 9.17) is 30.8 Å². The number of halogens is 2. The van der Waals surface area contributed by atoms with Crippen molar-refractivity contribution in [1.29, 1.82) is 0 Å². The maximum Gasteiger partial charge on any atom is 0.226 e. The molecule has 0 bridgehead atoms. The van der Waals surface area contributed by atoms with E-state index in [0.717, 1.165) is 33.9 Å². The smallest absolute Gasteiger partial charge is 0.226 e. The van der Waals surface area contributed by atoms with E-state index in [-0.39, 0.29) is 5.82 Å². The molecule has 1 atom stereocenters. The highest BCUT2D eigenvalue weighted by Crippen LogP contribution is 2.40. The van der Waals surface area contributed by atoms with E-state index >= 15 is 0 Å². The predicted octanol–water partition coefficient (Wildman–Crippen LogP) is 6.49. The molecule has 1 unspecified atom stereocenters. The standard InChI is InChI=1S/C26H25ClFNO3/c1-16-5-10-22(28)21(13-16)26(2)29-23(20-14-18(27)8-12-24(20)32-26)11-7-17-6-9-19(30-3)15-25(17)31-4/h5-6,8-10,12-15H,7,11H2,1-4H3. The minimum Gasteiger partial charge on any atom is -0.497 e. The highest BCUT2D eigenvalue weighted by molar-refractivity contribution is 6.31. The number of hydrogen-bond acceptors (Lipinski definition) is 4. The molecule has 3 aromatic rings. The molecule has 0 N–H and O–H groups in total. The van der Waals surface area contributed by atoms with Crippen molar-refractivity contribution in [2.24, 2.45) is 4.99 Å². The van der Waals surface area contributed by atoms with E-state index in [1.807, 2.05) is 37.3 Å².